The number of rotatable bonds is 22. The van der Waals surface area contributed by atoms with Gasteiger partial charge in [-0.3, -0.25) is 0 Å². The van der Waals surface area contributed by atoms with Gasteiger partial charge in [0.25, 0.3) is 0 Å². The number of hydrogen-bond acceptors (Lipinski definition) is 0. The second-order valence-corrected chi connectivity index (χ2v) is 9.16. The van der Waals surface area contributed by atoms with Crippen molar-refractivity contribution in [3.05, 3.63) is 0 Å². The third kappa shape index (κ3) is 22.3. The lowest BCUT2D eigenvalue weighted by Gasteiger charge is -2.09. The molecule has 0 heterocycles. The average Bonchev–Trinajstić information content (AvgIpc) is 2.65. The summed E-state index contributed by atoms with van der Waals surface area (Å²) in [5.41, 5.74) is 0. The maximum absolute atomic E-state index is 6.47. The summed E-state index contributed by atoms with van der Waals surface area (Å²) in [7, 11) is 0. The zero-order valence-corrected chi connectivity index (χ0v) is 19.3. The maximum atomic E-state index is 6.47. The lowest BCUT2D eigenvalue weighted by molar-refractivity contribution is 0.521. The summed E-state index contributed by atoms with van der Waals surface area (Å²) in [6.07, 6.45) is 31.0. The summed E-state index contributed by atoms with van der Waals surface area (Å²) in [5, 5.41) is 0.443. The Hall–Kier alpha value is 0.290. The molecule has 0 radical (unpaired) electrons. The Morgan fingerprint density at radius 2 is 0.615 bits per heavy atom. The van der Waals surface area contributed by atoms with Gasteiger partial charge in [0.05, 0.1) is 0 Å². The van der Waals surface area contributed by atoms with Gasteiger partial charge in [-0.2, -0.15) is 0 Å². The first-order valence-corrected chi connectivity index (χ1v) is 12.9. The molecule has 0 fully saturated rings. The van der Waals surface area contributed by atoms with Gasteiger partial charge in [-0.05, 0) is 12.8 Å². The lowest BCUT2D eigenvalue weighted by atomic mass is 10.0. The molecule has 0 aliphatic heterocycles. The van der Waals surface area contributed by atoms with Crippen LogP contribution in [0.2, 0.25) is 0 Å². The van der Waals surface area contributed by atoms with E-state index in [1.165, 1.54) is 141 Å². The van der Waals surface area contributed by atoms with Crippen LogP contribution in [0.3, 0.4) is 0 Å². The Kier molecular flexibility index (Phi) is 23.6. The Bertz CT molecular complexity index is 238. The third-order valence-corrected chi connectivity index (χ3v) is 6.18. The van der Waals surface area contributed by atoms with Gasteiger partial charge in [-0.15, -0.1) is 11.6 Å². The highest BCUT2D eigenvalue weighted by molar-refractivity contribution is 6.20. The van der Waals surface area contributed by atoms with Crippen LogP contribution in [-0.4, -0.2) is 5.38 Å². The summed E-state index contributed by atoms with van der Waals surface area (Å²) in [6.45, 7) is 4.58. The van der Waals surface area contributed by atoms with Crippen LogP contribution in [0.25, 0.3) is 0 Å². The summed E-state index contributed by atoms with van der Waals surface area (Å²) >= 11 is 6.47. The van der Waals surface area contributed by atoms with Crippen LogP contribution in [0.4, 0.5) is 0 Å². The smallest absolute Gasteiger partial charge is 0.0336 e. The highest BCUT2D eigenvalue weighted by Gasteiger charge is 2.04. The lowest BCUT2D eigenvalue weighted by Crippen LogP contribution is -1.98. The van der Waals surface area contributed by atoms with E-state index in [4.69, 9.17) is 11.6 Å². The molecule has 0 amide bonds. The number of halogens is 1. The minimum absolute atomic E-state index is 0.443. The van der Waals surface area contributed by atoms with Gasteiger partial charge in [-0.25, -0.2) is 0 Å². The van der Waals surface area contributed by atoms with Gasteiger partial charge in [0.1, 0.15) is 0 Å². The van der Waals surface area contributed by atoms with Crippen molar-refractivity contribution in [2.75, 3.05) is 0 Å². The molecule has 0 rings (SSSR count). The van der Waals surface area contributed by atoms with Gasteiger partial charge in [-0.1, -0.05) is 142 Å². The van der Waals surface area contributed by atoms with Crippen LogP contribution in [0, 0.1) is 0 Å². The molecule has 158 valence electrons. The van der Waals surface area contributed by atoms with Gasteiger partial charge in [0, 0.05) is 5.38 Å². The van der Waals surface area contributed by atoms with Gasteiger partial charge in [0.2, 0.25) is 0 Å². The van der Waals surface area contributed by atoms with Gasteiger partial charge >= 0.3 is 0 Å². The minimum atomic E-state index is 0.443. The van der Waals surface area contributed by atoms with E-state index in [1.54, 1.807) is 0 Å². The second-order valence-electron chi connectivity index (χ2n) is 8.54. The van der Waals surface area contributed by atoms with Crippen LogP contribution >= 0.6 is 11.6 Å². The quantitative estimate of drug-likeness (QED) is 0.128. The standard InChI is InChI=1S/C25H51Cl/c1-3-5-7-9-11-12-13-14-15-16-17-18-20-22-24-25(26)23-21-19-10-8-6-4-2/h25H,3-24H2,1-2H3. The molecule has 0 aromatic heterocycles. The van der Waals surface area contributed by atoms with Crippen molar-refractivity contribution >= 4 is 11.6 Å². The summed E-state index contributed by atoms with van der Waals surface area (Å²) < 4.78 is 0. The second kappa shape index (κ2) is 23.3. The maximum Gasteiger partial charge on any atom is 0.0336 e. The summed E-state index contributed by atoms with van der Waals surface area (Å²) in [6, 6.07) is 0. The number of unbranched alkanes of at least 4 members (excludes halogenated alkanes) is 18. The van der Waals surface area contributed by atoms with Gasteiger partial charge < -0.3 is 0 Å². The van der Waals surface area contributed by atoms with Crippen LogP contribution in [0.15, 0.2) is 0 Å². The molecule has 0 aromatic rings. The largest absolute Gasteiger partial charge is 0.123 e. The SMILES string of the molecule is CCCCCCCCCCCCCCCCC(Cl)CCCCCCCC. The summed E-state index contributed by atoms with van der Waals surface area (Å²) in [4.78, 5) is 0. The van der Waals surface area contributed by atoms with Crippen molar-refractivity contribution in [1.82, 2.24) is 0 Å². The van der Waals surface area contributed by atoms with Crippen LogP contribution in [0.5, 0.6) is 0 Å². The molecule has 0 spiro atoms. The molecular weight excluding hydrogens is 336 g/mol. The first-order valence-electron chi connectivity index (χ1n) is 12.4. The zero-order chi connectivity index (χ0) is 19.1. The van der Waals surface area contributed by atoms with Crippen LogP contribution in [-0.2, 0) is 0 Å². The van der Waals surface area contributed by atoms with E-state index in [2.05, 4.69) is 13.8 Å². The first-order chi connectivity index (χ1) is 12.8. The molecule has 0 aromatic carbocycles. The highest BCUT2D eigenvalue weighted by Crippen LogP contribution is 2.18. The van der Waals surface area contributed by atoms with E-state index >= 15 is 0 Å². The van der Waals surface area contributed by atoms with Crippen molar-refractivity contribution in [3.8, 4) is 0 Å². The van der Waals surface area contributed by atoms with Gasteiger partial charge in [0.15, 0.2) is 0 Å². The topological polar surface area (TPSA) is 0 Å². The predicted molar refractivity (Wildman–Crippen MR) is 123 cm³/mol. The van der Waals surface area contributed by atoms with Crippen molar-refractivity contribution in [1.29, 1.82) is 0 Å². The molecule has 0 saturated carbocycles. The fourth-order valence-corrected chi connectivity index (χ4v) is 4.16. The molecule has 0 N–H and O–H groups in total. The van der Waals surface area contributed by atoms with E-state index in [1.807, 2.05) is 0 Å². The molecule has 0 aliphatic carbocycles. The average molecular weight is 387 g/mol. The molecule has 0 nitrogen and oxygen atoms in total. The molecular formula is C25H51Cl. The van der Waals surface area contributed by atoms with E-state index in [9.17, 15) is 0 Å². The van der Waals surface area contributed by atoms with E-state index in [-0.39, 0.29) is 0 Å². The normalized spacial score (nSPS) is 12.6. The van der Waals surface area contributed by atoms with E-state index < -0.39 is 0 Å². The fraction of sp³-hybridized carbons (Fsp3) is 1.00. The molecule has 1 unspecified atom stereocenters. The van der Waals surface area contributed by atoms with E-state index in [0.717, 1.165) is 0 Å². The predicted octanol–water partition coefficient (Wildman–Crippen LogP) is 10.2. The molecule has 1 atom stereocenters. The monoisotopic (exact) mass is 386 g/mol. The molecule has 0 bridgehead atoms. The minimum Gasteiger partial charge on any atom is -0.123 e. The van der Waals surface area contributed by atoms with E-state index in [0.29, 0.717) is 5.38 Å². The summed E-state index contributed by atoms with van der Waals surface area (Å²) in [5.74, 6) is 0. The third-order valence-electron chi connectivity index (χ3n) is 5.74. The van der Waals surface area contributed by atoms with Crippen molar-refractivity contribution in [2.45, 2.75) is 160 Å². The molecule has 0 aliphatic rings. The molecule has 26 heavy (non-hydrogen) atoms. The molecule has 0 saturated heterocycles. The Balaban J connectivity index is 3.09. The Labute approximate surface area is 172 Å². The fourth-order valence-electron chi connectivity index (χ4n) is 3.85. The first kappa shape index (κ1) is 26.3. The van der Waals surface area contributed by atoms with Crippen molar-refractivity contribution < 1.29 is 0 Å². The van der Waals surface area contributed by atoms with Crippen molar-refractivity contribution in [2.24, 2.45) is 0 Å². The number of hydrogen-bond donors (Lipinski definition) is 0. The Morgan fingerprint density at radius 1 is 0.385 bits per heavy atom. The molecule has 1 heteroatoms. The number of alkyl halides is 1. The zero-order valence-electron chi connectivity index (χ0n) is 18.5. The van der Waals surface area contributed by atoms with Crippen molar-refractivity contribution in [3.63, 3.8) is 0 Å². The highest BCUT2D eigenvalue weighted by atomic mass is 35.5. The Morgan fingerprint density at radius 3 is 0.885 bits per heavy atom. The van der Waals surface area contributed by atoms with Crippen LogP contribution < -0.4 is 0 Å². The van der Waals surface area contributed by atoms with Crippen LogP contribution in [0.1, 0.15) is 155 Å².